The van der Waals surface area contributed by atoms with Crippen molar-refractivity contribution in [3.63, 3.8) is 0 Å². The molecule has 5 nitrogen and oxygen atoms in total. The predicted octanol–water partition coefficient (Wildman–Crippen LogP) is 9.86. The second kappa shape index (κ2) is 9.30. The number of aromatic nitrogens is 2. The van der Waals surface area contributed by atoms with E-state index in [1.807, 2.05) is 28.8 Å². The number of benzene rings is 6. The molecule has 45 heavy (non-hydrogen) atoms. The zero-order valence-corrected chi connectivity index (χ0v) is 24.4. The Hall–Kier alpha value is -6.39. The van der Waals surface area contributed by atoms with Gasteiger partial charge in [0, 0.05) is 47.4 Å². The van der Waals surface area contributed by atoms with Crippen molar-refractivity contribution in [3.05, 3.63) is 132 Å². The minimum absolute atomic E-state index is 0.192. The third-order valence-electron chi connectivity index (χ3n) is 8.81. The molecule has 0 N–H and O–H groups in total. The number of hydrogen-bond acceptors (Lipinski definition) is 4. The van der Waals surface area contributed by atoms with Crippen molar-refractivity contribution in [1.29, 1.82) is 15.8 Å². The molecule has 0 fully saturated rings. The zero-order chi connectivity index (χ0) is 30.2. The molecule has 0 amide bonds. The molecular formula is C39H19N5S. The lowest BCUT2D eigenvalue weighted by atomic mass is 10.0. The number of nitrogens with zero attached hydrogens (tertiary/aromatic N) is 5. The summed E-state index contributed by atoms with van der Waals surface area (Å²) in [5.74, 6) is 0. The molecule has 0 bridgehead atoms. The maximum Gasteiger partial charge on any atom is 0.103 e. The average Bonchev–Trinajstić information content (AvgIpc) is 3.75. The fourth-order valence-electron chi connectivity index (χ4n) is 6.98. The Kier molecular flexibility index (Phi) is 5.20. The Morgan fingerprint density at radius 3 is 1.67 bits per heavy atom. The van der Waals surface area contributed by atoms with Crippen molar-refractivity contribution in [2.75, 3.05) is 0 Å². The van der Waals surface area contributed by atoms with Crippen LogP contribution in [0.3, 0.4) is 0 Å². The molecule has 3 aromatic heterocycles. The molecular weight excluding hydrogens is 571 g/mol. The Labute approximate surface area is 260 Å². The molecule has 9 rings (SSSR count). The molecule has 0 aliphatic heterocycles. The summed E-state index contributed by atoms with van der Waals surface area (Å²) in [6.07, 6.45) is 0. The lowest BCUT2D eigenvalue weighted by Gasteiger charge is -2.11. The standard InChI is InChI=1S/C39H19N5S/c40-20-23-18-24(21-41)30(22-42)35(19-23)44-32-13-7-5-11-29(32)37-34(44)17-15-27-26-14-16-33-36(38(26)45-39(27)37)28-10-4-6-12-31(28)43(33)25-8-2-1-3-9-25/h1-19H. The highest BCUT2D eigenvalue weighted by atomic mass is 32.1. The Balaban J connectivity index is 1.45. The van der Waals surface area contributed by atoms with E-state index in [0.717, 1.165) is 37.7 Å². The summed E-state index contributed by atoms with van der Waals surface area (Å²) in [6, 6.07) is 45.7. The van der Waals surface area contributed by atoms with Crippen LogP contribution in [-0.4, -0.2) is 9.13 Å². The predicted molar refractivity (Wildman–Crippen MR) is 182 cm³/mol. The van der Waals surface area contributed by atoms with Gasteiger partial charge in [-0.3, -0.25) is 0 Å². The molecule has 0 unspecified atom stereocenters. The van der Waals surface area contributed by atoms with Crippen LogP contribution in [0.15, 0.2) is 115 Å². The Morgan fingerprint density at radius 1 is 0.489 bits per heavy atom. The molecule has 206 valence electrons. The van der Waals surface area contributed by atoms with E-state index in [-0.39, 0.29) is 11.1 Å². The van der Waals surface area contributed by atoms with Gasteiger partial charge < -0.3 is 9.13 Å². The molecule has 0 radical (unpaired) electrons. The van der Waals surface area contributed by atoms with Crippen molar-refractivity contribution < 1.29 is 0 Å². The van der Waals surface area contributed by atoms with Gasteiger partial charge in [0.05, 0.1) is 50.5 Å². The summed E-state index contributed by atoms with van der Waals surface area (Å²) in [4.78, 5) is 0. The molecule has 6 aromatic carbocycles. The second-order valence-electron chi connectivity index (χ2n) is 11.1. The van der Waals surface area contributed by atoms with E-state index in [1.54, 1.807) is 17.4 Å². The van der Waals surface area contributed by atoms with Gasteiger partial charge in [0.25, 0.3) is 0 Å². The summed E-state index contributed by atoms with van der Waals surface area (Å²) >= 11 is 1.80. The first-order chi connectivity index (χ1) is 22.2. The summed E-state index contributed by atoms with van der Waals surface area (Å²) < 4.78 is 6.77. The van der Waals surface area contributed by atoms with Crippen LogP contribution in [0.1, 0.15) is 16.7 Å². The van der Waals surface area contributed by atoms with Gasteiger partial charge >= 0.3 is 0 Å². The normalized spacial score (nSPS) is 11.5. The highest BCUT2D eigenvalue weighted by Crippen LogP contribution is 2.47. The second-order valence-corrected chi connectivity index (χ2v) is 12.1. The topological polar surface area (TPSA) is 81.2 Å². The van der Waals surface area contributed by atoms with E-state index in [9.17, 15) is 15.8 Å². The smallest absolute Gasteiger partial charge is 0.103 e. The van der Waals surface area contributed by atoms with Crippen LogP contribution in [0, 0.1) is 34.0 Å². The van der Waals surface area contributed by atoms with Crippen molar-refractivity contribution in [1.82, 2.24) is 9.13 Å². The van der Waals surface area contributed by atoms with E-state index < -0.39 is 0 Å². The van der Waals surface area contributed by atoms with Gasteiger partial charge in [-0.2, -0.15) is 15.8 Å². The number of fused-ring (bicyclic) bond motifs is 11. The fourth-order valence-corrected chi connectivity index (χ4v) is 8.40. The molecule has 6 heteroatoms. The van der Waals surface area contributed by atoms with Crippen LogP contribution in [0.25, 0.3) is 75.2 Å². The largest absolute Gasteiger partial charge is 0.309 e. The van der Waals surface area contributed by atoms with E-state index >= 15 is 0 Å². The van der Waals surface area contributed by atoms with Gasteiger partial charge in [0.2, 0.25) is 0 Å². The van der Waals surface area contributed by atoms with Crippen LogP contribution >= 0.6 is 11.3 Å². The molecule has 0 atom stereocenters. The highest BCUT2D eigenvalue weighted by Gasteiger charge is 2.23. The van der Waals surface area contributed by atoms with Crippen LogP contribution < -0.4 is 0 Å². The number of nitriles is 3. The van der Waals surface area contributed by atoms with E-state index in [4.69, 9.17) is 0 Å². The third-order valence-corrected chi connectivity index (χ3v) is 10.1. The summed E-state index contributed by atoms with van der Waals surface area (Å²) in [7, 11) is 0. The van der Waals surface area contributed by atoms with E-state index in [0.29, 0.717) is 11.3 Å². The van der Waals surface area contributed by atoms with Gasteiger partial charge in [-0.25, -0.2) is 0 Å². The lowest BCUT2D eigenvalue weighted by molar-refractivity contribution is 1.16. The van der Waals surface area contributed by atoms with Gasteiger partial charge in [-0.05, 0) is 48.5 Å². The summed E-state index contributed by atoms with van der Waals surface area (Å²) in [6.45, 7) is 0. The summed E-state index contributed by atoms with van der Waals surface area (Å²) in [5, 5.41) is 36.8. The van der Waals surface area contributed by atoms with Crippen LogP contribution in [0.2, 0.25) is 0 Å². The van der Waals surface area contributed by atoms with Crippen molar-refractivity contribution in [3.8, 4) is 29.6 Å². The van der Waals surface area contributed by atoms with Gasteiger partial charge in [0.1, 0.15) is 12.1 Å². The first-order valence-electron chi connectivity index (χ1n) is 14.5. The Bertz CT molecular complexity index is 2850. The maximum atomic E-state index is 10.2. The van der Waals surface area contributed by atoms with Gasteiger partial charge in [-0.1, -0.05) is 66.7 Å². The minimum Gasteiger partial charge on any atom is -0.309 e. The monoisotopic (exact) mass is 589 g/mol. The first kappa shape index (κ1) is 25.1. The van der Waals surface area contributed by atoms with Crippen LogP contribution in [0.5, 0.6) is 0 Å². The molecule has 0 aliphatic carbocycles. The third kappa shape index (κ3) is 3.33. The Morgan fingerprint density at radius 2 is 1.07 bits per heavy atom. The van der Waals surface area contributed by atoms with Crippen molar-refractivity contribution in [2.45, 2.75) is 0 Å². The maximum absolute atomic E-state index is 10.2. The van der Waals surface area contributed by atoms with Crippen molar-refractivity contribution in [2.24, 2.45) is 0 Å². The SMILES string of the molecule is N#Cc1cc(C#N)c(C#N)c(-n2c3ccccc3c3c4sc5c(ccc6c5c5ccccc5n6-c5ccccc5)c4ccc32)c1. The number of para-hydroxylation sites is 3. The molecule has 0 saturated heterocycles. The number of thiophene rings is 1. The van der Waals surface area contributed by atoms with Gasteiger partial charge in [-0.15, -0.1) is 11.3 Å². The average molecular weight is 590 g/mol. The van der Waals surface area contributed by atoms with Gasteiger partial charge in [0.15, 0.2) is 0 Å². The quantitative estimate of drug-likeness (QED) is 0.201. The van der Waals surface area contributed by atoms with Crippen LogP contribution in [0.4, 0.5) is 0 Å². The highest BCUT2D eigenvalue weighted by molar-refractivity contribution is 7.27. The number of hydrogen-bond donors (Lipinski definition) is 0. The van der Waals surface area contributed by atoms with E-state index in [1.165, 1.54) is 37.8 Å². The zero-order valence-electron chi connectivity index (χ0n) is 23.6. The molecule has 0 spiro atoms. The minimum atomic E-state index is 0.192. The lowest BCUT2D eigenvalue weighted by Crippen LogP contribution is -2.01. The fraction of sp³-hybridized carbons (Fsp3) is 0. The first-order valence-corrected chi connectivity index (χ1v) is 15.3. The molecule has 3 heterocycles. The molecule has 9 aromatic rings. The van der Waals surface area contributed by atoms with Crippen molar-refractivity contribution >= 4 is 75.1 Å². The molecule has 0 saturated carbocycles. The van der Waals surface area contributed by atoms with E-state index in [2.05, 4.69) is 102 Å². The summed E-state index contributed by atoms with van der Waals surface area (Å²) in [5.41, 5.74) is 6.62. The molecule has 0 aliphatic rings. The van der Waals surface area contributed by atoms with Crippen LogP contribution in [-0.2, 0) is 0 Å². The number of rotatable bonds is 2.